The van der Waals surface area contributed by atoms with E-state index >= 15 is 0 Å². The monoisotopic (exact) mass is 387 g/mol. The molecule has 8 nitrogen and oxygen atoms in total. The first kappa shape index (κ1) is 20.0. The van der Waals surface area contributed by atoms with E-state index in [9.17, 15) is 14.7 Å². The van der Waals surface area contributed by atoms with Crippen molar-refractivity contribution >= 4 is 17.8 Å². The van der Waals surface area contributed by atoms with Gasteiger partial charge in [-0.3, -0.25) is 9.69 Å². The second-order valence-electron chi connectivity index (χ2n) is 7.10. The maximum atomic E-state index is 12.9. The van der Waals surface area contributed by atoms with Crippen LogP contribution >= 0.6 is 0 Å². The number of piperidine rings is 1. The quantitative estimate of drug-likeness (QED) is 0.472. The summed E-state index contributed by atoms with van der Waals surface area (Å²) in [7, 11) is 0. The third-order valence-corrected chi connectivity index (χ3v) is 5.19. The molecule has 28 heavy (non-hydrogen) atoms. The maximum absolute atomic E-state index is 12.9. The third kappa shape index (κ3) is 4.07. The van der Waals surface area contributed by atoms with Gasteiger partial charge < -0.3 is 19.9 Å². The fourth-order valence-corrected chi connectivity index (χ4v) is 3.80. The molecule has 0 unspecified atom stereocenters. The molecule has 1 saturated heterocycles. The Morgan fingerprint density at radius 2 is 2.07 bits per heavy atom. The molecule has 3 rings (SSSR count). The number of carbonyl (C=O) groups excluding carboxylic acids is 1. The molecule has 0 bridgehead atoms. The average Bonchev–Trinajstić information content (AvgIpc) is 3.26. The van der Waals surface area contributed by atoms with Crippen LogP contribution in [0, 0.1) is 5.41 Å². The van der Waals surface area contributed by atoms with Gasteiger partial charge in [0.05, 0.1) is 26.4 Å². The number of hydrogen-bond acceptors (Lipinski definition) is 5. The predicted molar refractivity (Wildman–Crippen MR) is 103 cm³/mol. The van der Waals surface area contributed by atoms with Crippen LogP contribution in [0.3, 0.4) is 0 Å². The molecule has 1 aliphatic heterocycles. The van der Waals surface area contributed by atoms with Crippen LogP contribution in [0.15, 0.2) is 43.6 Å². The van der Waals surface area contributed by atoms with Crippen molar-refractivity contribution in [3.8, 4) is 0 Å². The van der Waals surface area contributed by atoms with Gasteiger partial charge in [0.1, 0.15) is 11.9 Å². The SMILES string of the molecule is C=CCOCc1cccnc1NC(=O)[C@@H]1C[C@@]2(COCC=C)C[C@H]2N1C(=O)O. The highest BCUT2D eigenvalue weighted by atomic mass is 16.5. The molecule has 2 fully saturated rings. The maximum Gasteiger partial charge on any atom is 0.408 e. The molecule has 0 aromatic carbocycles. The number of hydrogen-bond donors (Lipinski definition) is 2. The van der Waals surface area contributed by atoms with E-state index in [0.29, 0.717) is 44.0 Å². The second-order valence-corrected chi connectivity index (χ2v) is 7.10. The van der Waals surface area contributed by atoms with Gasteiger partial charge in [0.25, 0.3) is 0 Å². The summed E-state index contributed by atoms with van der Waals surface area (Å²) in [5.41, 5.74) is 0.426. The van der Waals surface area contributed by atoms with Gasteiger partial charge in [-0.15, -0.1) is 13.2 Å². The number of ether oxygens (including phenoxy) is 2. The molecule has 2 heterocycles. The van der Waals surface area contributed by atoms with Crippen molar-refractivity contribution in [2.45, 2.75) is 31.5 Å². The summed E-state index contributed by atoms with van der Waals surface area (Å²) in [5.74, 6) is -0.0131. The lowest BCUT2D eigenvalue weighted by molar-refractivity contribution is -0.120. The zero-order chi connectivity index (χ0) is 20.1. The first-order chi connectivity index (χ1) is 13.5. The number of likely N-dealkylation sites (tertiary alicyclic amines) is 1. The van der Waals surface area contributed by atoms with Crippen LogP contribution in [-0.2, 0) is 20.9 Å². The minimum absolute atomic E-state index is 0.190. The van der Waals surface area contributed by atoms with Crippen molar-refractivity contribution in [3.05, 3.63) is 49.2 Å². The van der Waals surface area contributed by atoms with E-state index < -0.39 is 12.1 Å². The Kier molecular flexibility index (Phi) is 6.11. The predicted octanol–water partition coefficient (Wildman–Crippen LogP) is 2.44. The lowest BCUT2D eigenvalue weighted by atomic mass is 10.00. The standard InChI is InChI=1S/C20H25N3O5/c1-3-8-27-12-14-6-5-7-21-17(14)22-18(24)15-10-20(13-28-9-4-2)11-16(20)23(15)19(25)26/h3-7,15-16H,1-2,8-13H2,(H,25,26)(H,21,22,24)/t15-,16+,20-/m0/s1. The van der Waals surface area contributed by atoms with E-state index in [0.717, 1.165) is 0 Å². The molecule has 3 atom stereocenters. The fourth-order valence-electron chi connectivity index (χ4n) is 3.80. The first-order valence-electron chi connectivity index (χ1n) is 9.15. The van der Waals surface area contributed by atoms with Crippen molar-refractivity contribution in [2.75, 3.05) is 25.1 Å². The van der Waals surface area contributed by atoms with Crippen LogP contribution < -0.4 is 5.32 Å². The van der Waals surface area contributed by atoms with Gasteiger partial charge in [-0.1, -0.05) is 18.2 Å². The number of aromatic nitrogens is 1. The van der Waals surface area contributed by atoms with Crippen LogP contribution in [0.4, 0.5) is 10.6 Å². The number of carboxylic acid groups (broad SMARTS) is 1. The number of nitrogens with zero attached hydrogens (tertiary/aromatic N) is 2. The van der Waals surface area contributed by atoms with Crippen LogP contribution in [0.2, 0.25) is 0 Å². The number of anilines is 1. The van der Waals surface area contributed by atoms with E-state index in [-0.39, 0.29) is 24.0 Å². The number of amides is 2. The van der Waals surface area contributed by atoms with Gasteiger partial charge in [-0.05, 0) is 18.9 Å². The minimum atomic E-state index is -1.09. The molecule has 1 aromatic heterocycles. The minimum Gasteiger partial charge on any atom is -0.465 e. The number of nitrogens with one attached hydrogen (secondary N) is 1. The third-order valence-electron chi connectivity index (χ3n) is 5.19. The van der Waals surface area contributed by atoms with Crippen molar-refractivity contribution < 1.29 is 24.2 Å². The Labute approximate surface area is 163 Å². The molecule has 0 radical (unpaired) electrons. The summed E-state index contributed by atoms with van der Waals surface area (Å²) in [6.45, 7) is 8.68. The summed E-state index contributed by atoms with van der Waals surface area (Å²) in [6.07, 6.45) is 4.91. The molecule has 1 aromatic rings. The van der Waals surface area contributed by atoms with Gasteiger partial charge >= 0.3 is 6.09 Å². The molecule has 2 amide bonds. The van der Waals surface area contributed by atoms with E-state index in [1.807, 2.05) is 0 Å². The second kappa shape index (κ2) is 8.53. The highest BCUT2D eigenvalue weighted by Crippen LogP contribution is 2.59. The highest BCUT2D eigenvalue weighted by molar-refractivity contribution is 5.97. The number of pyridine rings is 1. The van der Waals surface area contributed by atoms with Crippen molar-refractivity contribution in [3.63, 3.8) is 0 Å². The van der Waals surface area contributed by atoms with Crippen molar-refractivity contribution in [2.24, 2.45) is 5.41 Å². The Morgan fingerprint density at radius 1 is 1.32 bits per heavy atom. The topological polar surface area (TPSA) is 101 Å². The fraction of sp³-hybridized carbons (Fsp3) is 0.450. The van der Waals surface area contributed by atoms with Crippen LogP contribution in [0.1, 0.15) is 18.4 Å². The van der Waals surface area contributed by atoms with E-state index in [1.165, 1.54) is 4.90 Å². The number of rotatable bonds is 10. The van der Waals surface area contributed by atoms with E-state index in [4.69, 9.17) is 9.47 Å². The molecule has 1 aliphatic carbocycles. The van der Waals surface area contributed by atoms with Gasteiger partial charge in [-0.2, -0.15) is 0 Å². The largest absolute Gasteiger partial charge is 0.465 e. The lowest BCUT2D eigenvalue weighted by Crippen LogP contribution is -2.45. The highest BCUT2D eigenvalue weighted by Gasteiger charge is 2.67. The van der Waals surface area contributed by atoms with E-state index in [1.54, 1.807) is 30.5 Å². The summed E-state index contributed by atoms with van der Waals surface area (Å²) < 4.78 is 11.0. The van der Waals surface area contributed by atoms with Gasteiger partial charge in [-0.25, -0.2) is 9.78 Å². The van der Waals surface area contributed by atoms with Crippen LogP contribution in [-0.4, -0.2) is 58.9 Å². The number of fused-ring (bicyclic) bond motifs is 1. The summed E-state index contributed by atoms with van der Waals surface area (Å²) >= 11 is 0. The van der Waals surface area contributed by atoms with Gasteiger partial charge in [0, 0.05) is 23.2 Å². The normalized spacial score (nSPS) is 25.1. The molecular formula is C20H25N3O5. The van der Waals surface area contributed by atoms with E-state index in [2.05, 4.69) is 23.5 Å². The molecular weight excluding hydrogens is 362 g/mol. The van der Waals surface area contributed by atoms with Gasteiger partial charge in [0.2, 0.25) is 5.91 Å². The van der Waals surface area contributed by atoms with Crippen LogP contribution in [0.25, 0.3) is 0 Å². The molecule has 2 N–H and O–H groups in total. The smallest absolute Gasteiger partial charge is 0.408 e. The van der Waals surface area contributed by atoms with Crippen molar-refractivity contribution in [1.82, 2.24) is 9.88 Å². The molecule has 150 valence electrons. The average molecular weight is 387 g/mol. The zero-order valence-electron chi connectivity index (χ0n) is 15.7. The summed E-state index contributed by atoms with van der Waals surface area (Å²) in [5, 5.41) is 12.4. The Bertz CT molecular complexity index is 768. The molecule has 0 spiro atoms. The number of carbonyl (C=O) groups is 2. The molecule has 2 aliphatic rings. The molecule has 1 saturated carbocycles. The Balaban J connectivity index is 1.69. The Morgan fingerprint density at radius 3 is 2.79 bits per heavy atom. The summed E-state index contributed by atoms with van der Waals surface area (Å²) in [4.78, 5) is 30.1. The molecule has 8 heteroatoms. The van der Waals surface area contributed by atoms with Crippen molar-refractivity contribution in [1.29, 1.82) is 0 Å². The Hall–Kier alpha value is -2.71. The van der Waals surface area contributed by atoms with Gasteiger partial charge in [0.15, 0.2) is 0 Å². The lowest BCUT2D eigenvalue weighted by Gasteiger charge is -2.24. The zero-order valence-corrected chi connectivity index (χ0v) is 15.7. The summed E-state index contributed by atoms with van der Waals surface area (Å²) in [6, 6.07) is 2.59. The van der Waals surface area contributed by atoms with Crippen LogP contribution in [0.5, 0.6) is 0 Å². The first-order valence-corrected chi connectivity index (χ1v) is 9.15.